The van der Waals surface area contributed by atoms with Gasteiger partial charge >= 0.3 is 0 Å². The highest BCUT2D eigenvalue weighted by Crippen LogP contribution is 2.22. The number of hydrogen-bond acceptors (Lipinski definition) is 5. The van der Waals surface area contributed by atoms with Crippen molar-refractivity contribution < 1.29 is 14.4 Å². The highest BCUT2D eigenvalue weighted by atomic mass is 16.2. The smallest absolute Gasteiger partial charge is 0.261 e. The van der Waals surface area contributed by atoms with Crippen molar-refractivity contribution in [3.63, 3.8) is 0 Å². The van der Waals surface area contributed by atoms with E-state index in [0.717, 1.165) is 39.1 Å². The first kappa shape index (κ1) is 19.5. The summed E-state index contributed by atoms with van der Waals surface area (Å²) in [7, 11) is 0. The van der Waals surface area contributed by atoms with Crippen molar-refractivity contribution in [3.05, 3.63) is 35.4 Å². The van der Waals surface area contributed by atoms with Crippen LogP contribution in [0.3, 0.4) is 0 Å². The molecule has 0 aromatic heterocycles. The van der Waals surface area contributed by atoms with Crippen molar-refractivity contribution in [1.29, 1.82) is 0 Å². The Hall–Kier alpha value is -2.25. The maximum atomic E-state index is 12.4. The Morgan fingerprint density at radius 2 is 1.52 bits per heavy atom. The second kappa shape index (κ2) is 8.63. The van der Waals surface area contributed by atoms with E-state index in [9.17, 15) is 14.4 Å². The Balaban J connectivity index is 1.38. The van der Waals surface area contributed by atoms with Gasteiger partial charge in [-0.05, 0) is 38.9 Å². The summed E-state index contributed by atoms with van der Waals surface area (Å²) in [6.45, 7) is 9.18. The van der Waals surface area contributed by atoms with E-state index in [4.69, 9.17) is 0 Å². The van der Waals surface area contributed by atoms with Gasteiger partial charge in [0.2, 0.25) is 5.91 Å². The molecule has 0 radical (unpaired) electrons. The minimum atomic E-state index is -0.184. The van der Waals surface area contributed by atoms with Crippen LogP contribution in [-0.4, -0.2) is 84.3 Å². The Morgan fingerprint density at radius 3 is 2.07 bits per heavy atom. The first-order chi connectivity index (χ1) is 13.0. The molecule has 1 aromatic carbocycles. The fourth-order valence-electron chi connectivity index (χ4n) is 3.64. The Bertz CT molecular complexity index is 676. The fourth-order valence-corrected chi connectivity index (χ4v) is 3.64. The molecular weight excluding hydrogens is 344 g/mol. The molecule has 0 aliphatic carbocycles. The molecule has 2 heterocycles. The van der Waals surface area contributed by atoms with Gasteiger partial charge in [-0.3, -0.25) is 24.2 Å². The molecule has 2 aliphatic heterocycles. The van der Waals surface area contributed by atoms with E-state index in [0.29, 0.717) is 24.2 Å². The third-order valence-corrected chi connectivity index (χ3v) is 5.02. The topological polar surface area (TPSA) is 73.0 Å². The monoisotopic (exact) mass is 372 g/mol. The van der Waals surface area contributed by atoms with Crippen LogP contribution in [0.25, 0.3) is 0 Å². The fraction of sp³-hybridized carbons (Fsp3) is 0.550. The van der Waals surface area contributed by atoms with Gasteiger partial charge in [0.1, 0.15) is 0 Å². The summed E-state index contributed by atoms with van der Waals surface area (Å²) < 4.78 is 0. The Morgan fingerprint density at radius 1 is 0.963 bits per heavy atom. The molecule has 146 valence electrons. The van der Waals surface area contributed by atoms with Gasteiger partial charge in [-0.25, -0.2) is 0 Å². The van der Waals surface area contributed by atoms with Gasteiger partial charge in [0.25, 0.3) is 11.8 Å². The average Bonchev–Trinajstić information content (AvgIpc) is 2.88. The number of hydrogen-bond donors (Lipinski definition) is 1. The first-order valence-electron chi connectivity index (χ1n) is 9.65. The molecule has 7 heteroatoms. The van der Waals surface area contributed by atoms with Gasteiger partial charge in [-0.2, -0.15) is 0 Å². The molecule has 0 unspecified atom stereocenters. The predicted molar refractivity (Wildman–Crippen MR) is 103 cm³/mol. The number of benzene rings is 1. The zero-order chi connectivity index (χ0) is 19.4. The highest BCUT2D eigenvalue weighted by molar-refractivity contribution is 6.21. The summed E-state index contributed by atoms with van der Waals surface area (Å²) >= 11 is 0. The summed E-state index contributed by atoms with van der Waals surface area (Å²) in [5.41, 5.74) is 1.02. The van der Waals surface area contributed by atoms with Crippen LogP contribution in [0.4, 0.5) is 0 Å². The van der Waals surface area contributed by atoms with Crippen molar-refractivity contribution in [2.24, 2.45) is 0 Å². The van der Waals surface area contributed by atoms with Crippen LogP contribution in [0.2, 0.25) is 0 Å². The largest absolute Gasteiger partial charge is 0.353 e. The summed E-state index contributed by atoms with van der Waals surface area (Å²) in [6, 6.07) is 7.16. The van der Waals surface area contributed by atoms with Crippen molar-refractivity contribution in [2.45, 2.75) is 26.3 Å². The second-order valence-corrected chi connectivity index (χ2v) is 7.50. The summed E-state index contributed by atoms with van der Waals surface area (Å²) in [5, 5.41) is 2.92. The maximum Gasteiger partial charge on any atom is 0.261 e. The van der Waals surface area contributed by atoms with Gasteiger partial charge in [-0.15, -0.1) is 0 Å². The average molecular weight is 372 g/mol. The molecular formula is C20H28N4O3. The number of imide groups is 1. The molecule has 0 spiro atoms. The van der Waals surface area contributed by atoms with Crippen molar-refractivity contribution in [2.75, 3.05) is 45.8 Å². The third kappa shape index (κ3) is 4.73. The van der Waals surface area contributed by atoms with Gasteiger partial charge in [0.15, 0.2) is 0 Å². The van der Waals surface area contributed by atoms with Gasteiger partial charge in [0.05, 0.1) is 17.7 Å². The lowest BCUT2D eigenvalue weighted by molar-refractivity contribution is -0.123. The molecule has 1 fully saturated rings. The van der Waals surface area contributed by atoms with Crippen LogP contribution in [-0.2, 0) is 4.79 Å². The van der Waals surface area contributed by atoms with Crippen LogP contribution in [0.5, 0.6) is 0 Å². The summed E-state index contributed by atoms with van der Waals surface area (Å²) in [5.74, 6) is -0.294. The zero-order valence-electron chi connectivity index (χ0n) is 16.1. The van der Waals surface area contributed by atoms with Crippen molar-refractivity contribution >= 4 is 17.7 Å². The standard InChI is InChI=1S/C20H28N4O3/c1-15(2)21-18(25)14-23-12-10-22(11-13-23)8-5-9-24-19(26)16-6-3-4-7-17(16)20(24)27/h3-4,6-7,15H,5,8-14H2,1-2H3,(H,21,25). The molecule has 1 aromatic rings. The van der Waals surface area contributed by atoms with E-state index < -0.39 is 0 Å². The summed E-state index contributed by atoms with van der Waals surface area (Å²) in [4.78, 5) is 42.4. The van der Waals surface area contributed by atoms with Gasteiger partial charge in [-0.1, -0.05) is 12.1 Å². The molecule has 1 saturated heterocycles. The van der Waals surface area contributed by atoms with E-state index >= 15 is 0 Å². The minimum absolute atomic E-state index is 0.0732. The van der Waals surface area contributed by atoms with Crippen LogP contribution in [0.1, 0.15) is 41.0 Å². The van der Waals surface area contributed by atoms with E-state index in [2.05, 4.69) is 15.1 Å². The number of piperazine rings is 1. The normalized spacial score (nSPS) is 18.3. The minimum Gasteiger partial charge on any atom is -0.353 e. The number of nitrogens with one attached hydrogen (secondary N) is 1. The zero-order valence-corrected chi connectivity index (χ0v) is 16.1. The van der Waals surface area contributed by atoms with Crippen LogP contribution >= 0.6 is 0 Å². The lowest BCUT2D eigenvalue weighted by Gasteiger charge is -2.34. The van der Waals surface area contributed by atoms with Crippen molar-refractivity contribution in [1.82, 2.24) is 20.0 Å². The predicted octanol–water partition coefficient (Wildman–Crippen LogP) is 0.815. The molecule has 27 heavy (non-hydrogen) atoms. The summed E-state index contributed by atoms with van der Waals surface area (Å²) in [6.07, 6.45) is 0.763. The number of rotatable bonds is 7. The molecule has 1 N–H and O–H groups in total. The van der Waals surface area contributed by atoms with Crippen LogP contribution in [0.15, 0.2) is 24.3 Å². The highest BCUT2D eigenvalue weighted by Gasteiger charge is 2.34. The number of fused-ring (bicyclic) bond motifs is 1. The molecule has 3 amide bonds. The van der Waals surface area contributed by atoms with Crippen LogP contribution in [0, 0.1) is 0 Å². The quantitative estimate of drug-likeness (QED) is 0.718. The second-order valence-electron chi connectivity index (χ2n) is 7.50. The van der Waals surface area contributed by atoms with E-state index in [1.54, 1.807) is 24.3 Å². The lowest BCUT2D eigenvalue weighted by atomic mass is 10.1. The molecule has 0 atom stereocenters. The number of amides is 3. The maximum absolute atomic E-state index is 12.4. The molecule has 7 nitrogen and oxygen atoms in total. The van der Waals surface area contributed by atoms with E-state index in [1.807, 2.05) is 13.8 Å². The van der Waals surface area contributed by atoms with Gasteiger partial charge < -0.3 is 10.2 Å². The van der Waals surface area contributed by atoms with Crippen molar-refractivity contribution in [3.8, 4) is 0 Å². The number of nitrogens with zero attached hydrogens (tertiary/aromatic N) is 3. The van der Waals surface area contributed by atoms with Gasteiger partial charge in [0, 0.05) is 38.8 Å². The van der Waals surface area contributed by atoms with Crippen LogP contribution < -0.4 is 5.32 Å². The Labute approximate surface area is 160 Å². The Kier molecular flexibility index (Phi) is 6.23. The molecule has 3 rings (SSSR count). The lowest BCUT2D eigenvalue weighted by Crippen LogP contribution is -2.50. The first-order valence-corrected chi connectivity index (χ1v) is 9.65. The van der Waals surface area contributed by atoms with E-state index in [1.165, 1.54) is 4.90 Å². The third-order valence-electron chi connectivity index (χ3n) is 5.02. The SMILES string of the molecule is CC(C)NC(=O)CN1CCN(CCCN2C(=O)c3ccccc3C2=O)CC1. The molecule has 0 bridgehead atoms. The number of carbonyl (C=O) groups is 3. The molecule has 0 saturated carbocycles. The number of carbonyl (C=O) groups excluding carboxylic acids is 3. The molecule has 2 aliphatic rings. The van der Waals surface area contributed by atoms with E-state index in [-0.39, 0.29) is 23.8 Å².